The van der Waals surface area contributed by atoms with Crippen LogP contribution in [0.3, 0.4) is 0 Å². The molecular weight excluding hydrogens is 262 g/mol. The molecule has 2 unspecified atom stereocenters. The minimum Gasteiger partial charge on any atom is -0.395 e. The van der Waals surface area contributed by atoms with Gasteiger partial charge in [0.25, 0.3) is 0 Å². The highest BCUT2D eigenvalue weighted by Gasteiger charge is 2.12. The van der Waals surface area contributed by atoms with Gasteiger partial charge in [0.1, 0.15) is 5.75 Å². The van der Waals surface area contributed by atoms with E-state index in [-0.39, 0.29) is 30.1 Å². The van der Waals surface area contributed by atoms with E-state index in [1.807, 2.05) is 39.0 Å². The molecule has 106 valence electrons. The van der Waals surface area contributed by atoms with Gasteiger partial charge >= 0.3 is 0 Å². The average molecular weight is 283 g/mol. The SMILES string of the molecule is Cc1ccc(C(C)NC(=O)CS(=O)CCO)cc1C. The van der Waals surface area contributed by atoms with Gasteiger partial charge in [-0.1, -0.05) is 18.2 Å². The van der Waals surface area contributed by atoms with Crippen molar-refractivity contribution in [3.63, 3.8) is 0 Å². The molecule has 0 aliphatic carbocycles. The van der Waals surface area contributed by atoms with Crippen molar-refractivity contribution in [3.8, 4) is 0 Å². The van der Waals surface area contributed by atoms with Crippen LogP contribution in [0.1, 0.15) is 29.7 Å². The highest BCUT2D eigenvalue weighted by Crippen LogP contribution is 2.16. The standard InChI is InChI=1S/C14H21NO3S/c1-10-4-5-13(8-11(10)2)12(3)15-14(17)9-19(18)7-6-16/h4-5,8,12,16H,6-7,9H2,1-3H3,(H,15,17). The molecule has 0 aromatic heterocycles. The Kier molecular flexibility index (Phi) is 6.18. The topological polar surface area (TPSA) is 66.4 Å². The minimum absolute atomic E-state index is 0.0598. The molecule has 1 amide bonds. The van der Waals surface area contributed by atoms with Gasteiger partial charge in [0, 0.05) is 16.6 Å². The fraction of sp³-hybridized carbons (Fsp3) is 0.500. The van der Waals surface area contributed by atoms with Crippen molar-refractivity contribution in [2.24, 2.45) is 0 Å². The monoisotopic (exact) mass is 283 g/mol. The number of carbonyl (C=O) groups is 1. The molecule has 0 aliphatic rings. The number of aryl methyl sites for hydroxylation is 2. The molecular formula is C14H21NO3S. The lowest BCUT2D eigenvalue weighted by Gasteiger charge is -2.15. The average Bonchev–Trinajstić information content (AvgIpc) is 2.32. The van der Waals surface area contributed by atoms with Crippen LogP contribution in [0.4, 0.5) is 0 Å². The Bertz CT molecular complexity index is 474. The number of aliphatic hydroxyl groups is 1. The minimum atomic E-state index is -1.29. The van der Waals surface area contributed by atoms with Gasteiger partial charge in [-0.2, -0.15) is 0 Å². The summed E-state index contributed by atoms with van der Waals surface area (Å²) < 4.78 is 11.4. The number of aliphatic hydroxyl groups excluding tert-OH is 1. The second-order valence-corrected chi connectivity index (χ2v) is 6.22. The third-order valence-corrected chi connectivity index (χ3v) is 4.24. The van der Waals surface area contributed by atoms with Crippen LogP contribution in [-0.2, 0) is 15.6 Å². The zero-order valence-electron chi connectivity index (χ0n) is 11.6. The fourth-order valence-electron chi connectivity index (χ4n) is 1.72. The van der Waals surface area contributed by atoms with Crippen LogP contribution in [0.5, 0.6) is 0 Å². The Labute approximate surface area is 116 Å². The maximum Gasteiger partial charge on any atom is 0.233 e. The molecule has 5 heteroatoms. The van der Waals surface area contributed by atoms with E-state index in [9.17, 15) is 9.00 Å². The third-order valence-electron chi connectivity index (χ3n) is 3.02. The number of benzene rings is 1. The largest absolute Gasteiger partial charge is 0.395 e. The maximum absolute atomic E-state index is 11.7. The number of carbonyl (C=O) groups excluding carboxylic acids is 1. The lowest BCUT2D eigenvalue weighted by Crippen LogP contribution is -2.31. The van der Waals surface area contributed by atoms with Gasteiger partial charge in [-0.3, -0.25) is 9.00 Å². The van der Waals surface area contributed by atoms with Gasteiger partial charge in [-0.05, 0) is 37.5 Å². The Balaban J connectivity index is 2.58. The highest BCUT2D eigenvalue weighted by molar-refractivity contribution is 7.85. The lowest BCUT2D eigenvalue weighted by molar-refractivity contribution is -0.119. The quantitative estimate of drug-likeness (QED) is 0.825. The van der Waals surface area contributed by atoms with Crippen LogP contribution in [0.2, 0.25) is 0 Å². The molecule has 1 aromatic carbocycles. The van der Waals surface area contributed by atoms with Crippen LogP contribution in [-0.4, -0.2) is 33.3 Å². The van der Waals surface area contributed by atoms with Gasteiger partial charge in [0.05, 0.1) is 12.6 Å². The number of hydrogen-bond acceptors (Lipinski definition) is 3. The molecule has 0 bridgehead atoms. The lowest BCUT2D eigenvalue weighted by atomic mass is 10.0. The van der Waals surface area contributed by atoms with E-state index in [1.54, 1.807) is 0 Å². The van der Waals surface area contributed by atoms with E-state index in [4.69, 9.17) is 5.11 Å². The summed E-state index contributed by atoms with van der Waals surface area (Å²) in [6, 6.07) is 5.94. The predicted molar refractivity (Wildman–Crippen MR) is 77.4 cm³/mol. The molecule has 19 heavy (non-hydrogen) atoms. The molecule has 0 saturated heterocycles. The first-order valence-corrected chi connectivity index (χ1v) is 7.75. The zero-order valence-corrected chi connectivity index (χ0v) is 12.4. The van der Waals surface area contributed by atoms with Crippen molar-refractivity contribution in [1.29, 1.82) is 0 Å². The molecule has 0 spiro atoms. The smallest absolute Gasteiger partial charge is 0.233 e. The first-order chi connectivity index (χ1) is 8.93. The molecule has 1 rings (SSSR count). The summed E-state index contributed by atoms with van der Waals surface area (Å²) in [5, 5.41) is 11.5. The molecule has 0 aliphatic heterocycles. The summed E-state index contributed by atoms with van der Waals surface area (Å²) in [6.45, 7) is 5.81. The van der Waals surface area contributed by atoms with E-state index in [0.717, 1.165) is 5.56 Å². The first-order valence-electron chi connectivity index (χ1n) is 6.26. The van der Waals surface area contributed by atoms with E-state index in [1.165, 1.54) is 11.1 Å². The van der Waals surface area contributed by atoms with E-state index >= 15 is 0 Å². The molecule has 2 N–H and O–H groups in total. The van der Waals surface area contributed by atoms with Crippen molar-refractivity contribution >= 4 is 16.7 Å². The molecule has 2 atom stereocenters. The second-order valence-electron chi connectivity index (χ2n) is 4.64. The van der Waals surface area contributed by atoms with Crippen LogP contribution >= 0.6 is 0 Å². The summed E-state index contributed by atoms with van der Waals surface area (Å²) in [6.07, 6.45) is 0. The Morgan fingerprint density at radius 3 is 2.63 bits per heavy atom. The normalized spacial score (nSPS) is 13.9. The van der Waals surface area contributed by atoms with Gasteiger partial charge in [-0.25, -0.2) is 0 Å². The van der Waals surface area contributed by atoms with E-state index in [0.29, 0.717) is 0 Å². The molecule has 0 fully saturated rings. The van der Waals surface area contributed by atoms with Crippen molar-refractivity contribution < 1.29 is 14.1 Å². The fourth-order valence-corrected chi connectivity index (χ4v) is 2.44. The molecule has 4 nitrogen and oxygen atoms in total. The Morgan fingerprint density at radius 2 is 2.05 bits per heavy atom. The number of rotatable bonds is 6. The van der Waals surface area contributed by atoms with Crippen molar-refractivity contribution in [2.75, 3.05) is 18.1 Å². The molecule has 0 heterocycles. The van der Waals surface area contributed by atoms with Gasteiger partial charge in [0.2, 0.25) is 5.91 Å². The Morgan fingerprint density at radius 1 is 1.37 bits per heavy atom. The van der Waals surface area contributed by atoms with Gasteiger partial charge in [0.15, 0.2) is 0 Å². The van der Waals surface area contributed by atoms with Crippen molar-refractivity contribution in [2.45, 2.75) is 26.8 Å². The van der Waals surface area contributed by atoms with Crippen LogP contribution in [0.25, 0.3) is 0 Å². The predicted octanol–water partition coefficient (Wildman–Crippen LogP) is 1.22. The highest BCUT2D eigenvalue weighted by atomic mass is 32.2. The molecule has 0 radical (unpaired) electrons. The molecule has 0 saturated carbocycles. The summed E-state index contributed by atoms with van der Waals surface area (Å²) in [5.41, 5.74) is 3.43. The maximum atomic E-state index is 11.7. The summed E-state index contributed by atoms with van der Waals surface area (Å²) in [7, 11) is -1.29. The van der Waals surface area contributed by atoms with E-state index in [2.05, 4.69) is 5.32 Å². The first kappa shape index (κ1) is 15.9. The summed E-state index contributed by atoms with van der Waals surface area (Å²) >= 11 is 0. The van der Waals surface area contributed by atoms with Gasteiger partial charge < -0.3 is 10.4 Å². The van der Waals surface area contributed by atoms with Crippen LogP contribution in [0.15, 0.2) is 18.2 Å². The molecule has 1 aromatic rings. The second kappa shape index (κ2) is 7.40. The summed E-state index contributed by atoms with van der Waals surface area (Å²) in [5.74, 6) is -0.168. The van der Waals surface area contributed by atoms with Crippen molar-refractivity contribution in [1.82, 2.24) is 5.32 Å². The number of nitrogens with one attached hydrogen (secondary N) is 1. The van der Waals surface area contributed by atoms with E-state index < -0.39 is 10.8 Å². The zero-order chi connectivity index (χ0) is 14.4. The van der Waals surface area contributed by atoms with Gasteiger partial charge in [-0.15, -0.1) is 0 Å². The number of hydrogen-bond donors (Lipinski definition) is 2. The Hall–Kier alpha value is -1.20. The number of amides is 1. The van der Waals surface area contributed by atoms with Crippen LogP contribution < -0.4 is 5.32 Å². The van der Waals surface area contributed by atoms with Crippen molar-refractivity contribution in [3.05, 3.63) is 34.9 Å². The summed E-state index contributed by atoms with van der Waals surface area (Å²) in [4.78, 5) is 11.7. The van der Waals surface area contributed by atoms with Crippen LogP contribution in [0, 0.1) is 13.8 Å². The third kappa shape index (κ3) is 5.12.